The zero-order chi connectivity index (χ0) is 16.4. The van der Waals surface area contributed by atoms with Crippen molar-refractivity contribution >= 4 is 35.6 Å². The van der Waals surface area contributed by atoms with Crippen molar-refractivity contribution in [3.8, 4) is 5.69 Å². The molecule has 0 spiro atoms. The summed E-state index contributed by atoms with van der Waals surface area (Å²) in [5.41, 5.74) is 4.66. The Morgan fingerprint density at radius 3 is 2.35 bits per heavy atom. The highest BCUT2D eigenvalue weighted by Crippen LogP contribution is 2.31. The van der Waals surface area contributed by atoms with E-state index in [9.17, 15) is 10.0 Å². The molecule has 3 rings (SSSR count). The molecule has 3 nitrogen and oxygen atoms in total. The first kappa shape index (κ1) is 15.3. The lowest BCUT2D eigenvalue weighted by molar-refractivity contribution is 0.426. The van der Waals surface area contributed by atoms with Gasteiger partial charge >= 0.3 is 7.12 Å². The summed E-state index contributed by atoms with van der Waals surface area (Å²) in [5, 5.41) is 19.7. The van der Waals surface area contributed by atoms with Crippen molar-refractivity contribution < 1.29 is 10.0 Å². The van der Waals surface area contributed by atoms with E-state index >= 15 is 0 Å². The quantitative estimate of drug-likeness (QED) is 0.728. The number of allylic oxidation sites excluding steroid dienone is 1. The average Bonchev–Trinajstić information content (AvgIpc) is 2.89. The van der Waals surface area contributed by atoms with Crippen LogP contribution in [0.15, 0.2) is 61.2 Å². The molecule has 1 aromatic heterocycles. The molecular formula is C19H18BNO2. The number of benzene rings is 2. The lowest BCUT2D eigenvalue weighted by atomic mass is 9.80. The third-order valence-electron chi connectivity index (χ3n) is 3.93. The maximum atomic E-state index is 9.26. The fraction of sp³-hybridized carbons (Fsp3) is 0.0526. The summed E-state index contributed by atoms with van der Waals surface area (Å²) in [4.78, 5) is 0. The first-order valence-electron chi connectivity index (χ1n) is 7.52. The topological polar surface area (TPSA) is 45.4 Å². The van der Waals surface area contributed by atoms with Crippen molar-refractivity contribution in [2.45, 2.75) is 6.92 Å². The Morgan fingerprint density at radius 2 is 1.74 bits per heavy atom. The van der Waals surface area contributed by atoms with Gasteiger partial charge in [-0.2, -0.15) is 0 Å². The summed E-state index contributed by atoms with van der Waals surface area (Å²) in [6.45, 7) is 5.96. The van der Waals surface area contributed by atoms with E-state index in [1.54, 1.807) is 12.1 Å². The van der Waals surface area contributed by atoms with Crippen LogP contribution in [0.2, 0.25) is 0 Å². The number of nitrogens with zero attached hydrogens (tertiary/aromatic N) is 1. The van der Waals surface area contributed by atoms with Gasteiger partial charge in [0.25, 0.3) is 0 Å². The Balaban J connectivity index is 2.30. The van der Waals surface area contributed by atoms with E-state index in [-0.39, 0.29) is 0 Å². The van der Waals surface area contributed by atoms with E-state index in [0.717, 1.165) is 27.8 Å². The van der Waals surface area contributed by atoms with Gasteiger partial charge in [-0.1, -0.05) is 49.1 Å². The third-order valence-corrected chi connectivity index (χ3v) is 3.93. The maximum absolute atomic E-state index is 9.26. The first-order chi connectivity index (χ1) is 11.2. The van der Waals surface area contributed by atoms with Crippen LogP contribution in [0.25, 0.3) is 28.7 Å². The minimum absolute atomic E-state index is 0.471. The number of fused-ring (bicyclic) bond motifs is 1. The summed E-state index contributed by atoms with van der Waals surface area (Å²) in [6, 6.07) is 15.4. The van der Waals surface area contributed by atoms with Gasteiger partial charge in [-0.25, -0.2) is 0 Å². The summed E-state index contributed by atoms with van der Waals surface area (Å²) < 4.78 is 2.13. The molecule has 114 valence electrons. The highest BCUT2D eigenvalue weighted by Gasteiger charge is 2.15. The number of hydrogen-bond donors (Lipinski definition) is 2. The van der Waals surface area contributed by atoms with Gasteiger partial charge in [0.15, 0.2) is 0 Å². The highest BCUT2D eigenvalue weighted by atomic mass is 16.4. The van der Waals surface area contributed by atoms with Crippen LogP contribution in [0.5, 0.6) is 0 Å². The van der Waals surface area contributed by atoms with Crippen molar-refractivity contribution in [3.05, 3.63) is 72.4 Å². The molecule has 0 unspecified atom stereocenters. The molecule has 1 heterocycles. The Kier molecular flexibility index (Phi) is 4.19. The largest absolute Gasteiger partial charge is 0.488 e. The SMILES string of the molecule is C=Cc1c(/C=C\C)c2ccccc2n1-c1ccc(B(O)O)cc1. The van der Waals surface area contributed by atoms with Crippen LogP contribution < -0.4 is 5.46 Å². The van der Waals surface area contributed by atoms with E-state index in [4.69, 9.17) is 0 Å². The normalized spacial score (nSPS) is 11.3. The van der Waals surface area contributed by atoms with E-state index in [1.165, 1.54) is 0 Å². The standard InChI is InChI=1S/C19H18BNO2/c1-3-7-16-17-8-5-6-9-19(17)21(18(16)4-2)15-12-10-14(11-13-15)20(22)23/h3-13,22-23H,2H2,1H3/b7-3-. The van der Waals surface area contributed by atoms with Crippen molar-refractivity contribution in [3.63, 3.8) is 0 Å². The van der Waals surface area contributed by atoms with Crippen molar-refractivity contribution in [1.29, 1.82) is 0 Å². The molecule has 0 aliphatic rings. The fourth-order valence-corrected chi connectivity index (χ4v) is 2.90. The highest BCUT2D eigenvalue weighted by molar-refractivity contribution is 6.58. The monoisotopic (exact) mass is 303 g/mol. The van der Waals surface area contributed by atoms with Gasteiger partial charge in [0.05, 0.1) is 11.2 Å². The molecule has 0 aliphatic heterocycles. The summed E-state index contributed by atoms with van der Waals surface area (Å²) in [7, 11) is -1.46. The van der Waals surface area contributed by atoms with E-state index in [1.807, 2.05) is 43.3 Å². The van der Waals surface area contributed by atoms with E-state index in [0.29, 0.717) is 5.46 Å². The zero-order valence-electron chi connectivity index (χ0n) is 13.0. The van der Waals surface area contributed by atoms with Gasteiger partial charge < -0.3 is 14.6 Å². The molecule has 0 saturated carbocycles. The molecule has 2 aromatic carbocycles. The van der Waals surface area contributed by atoms with Gasteiger partial charge in [0, 0.05) is 16.6 Å². The van der Waals surface area contributed by atoms with Gasteiger partial charge in [-0.05, 0) is 36.7 Å². The van der Waals surface area contributed by atoms with Crippen LogP contribution in [0.4, 0.5) is 0 Å². The molecule has 0 bridgehead atoms. The molecule has 3 aromatic rings. The second kappa shape index (κ2) is 6.28. The van der Waals surface area contributed by atoms with Crippen molar-refractivity contribution in [1.82, 2.24) is 4.57 Å². The van der Waals surface area contributed by atoms with Gasteiger partial charge in [0.2, 0.25) is 0 Å². The average molecular weight is 303 g/mol. The zero-order valence-corrected chi connectivity index (χ0v) is 13.0. The number of rotatable bonds is 4. The molecule has 23 heavy (non-hydrogen) atoms. The molecule has 0 saturated heterocycles. The van der Waals surface area contributed by atoms with Crippen molar-refractivity contribution in [2.75, 3.05) is 0 Å². The van der Waals surface area contributed by atoms with Gasteiger partial charge in [0.1, 0.15) is 0 Å². The van der Waals surface area contributed by atoms with Gasteiger partial charge in [-0.15, -0.1) is 0 Å². The van der Waals surface area contributed by atoms with Crippen LogP contribution in [-0.2, 0) is 0 Å². The molecule has 0 fully saturated rings. The summed E-state index contributed by atoms with van der Waals surface area (Å²) in [6.07, 6.45) is 5.95. The van der Waals surface area contributed by atoms with E-state index in [2.05, 4.69) is 29.4 Å². The Morgan fingerprint density at radius 1 is 1.04 bits per heavy atom. The Bertz CT molecular complexity index is 876. The predicted octanol–water partition coefficient (Wildman–Crippen LogP) is 2.99. The van der Waals surface area contributed by atoms with Crippen LogP contribution in [0.3, 0.4) is 0 Å². The summed E-state index contributed by atoms with van der Waals surface area (Å²) in [5.74, 6) is 0. The van der Waals surface area contributed by atoms with Crippen molar-refractivity contribution in [2.24, 2.45) is 0 Å². The molecule has 0 atom stereocenters. The fourth-order valence-electron chi connectivity index (χ4n) is 2.90. The minimum Gasteiger partial charge on any atom is -0.423 e. The summed E-state index contributed by atoms with van der Waals surface area (Å²) >= 11 is 0. The minimum atomic E-state index is -1.46. The number of hydrogen-bond acceptors (Lipinski definition) is 2. The van der Waals surface area contributed by atoms with E-state index < -0.39 is 7.12 Å². The Labute approximate surface area is 136 Å². The number of aromatic nitrogens is 1. The maximum Gasteiger partial charge on any atom is 0.488 e. The molecule has 0 amide bonds. The molecular weight excluding hydrogens is 285 g/mol. The Hall–Kier alpha value is -2.56. The van der Waals surface area contributed by atoms with Crippen LogP contribution in [-0.4, -0.2) is 21.7 Å². The second-order valence-electron chi connectivity index (χ2n) is 5.32. The third kappa shape index (κ3) is 2.63. The molecule has 0 radical (unpaired) electrons. The first-order valence-corrected chi connectivity index (χ1v) is 7.52. The smallest absolute Gasteiger partial charge is 0.423 e. The molecule has 4 heteroatoms. The molecule has 2 N–H and O–H groups in total. The number of para-hydroxylation sites is 1. The lowest BCUT2D eigenvalue weighted by Crippen LogP contribution is -2.29. The lowest BCUT2D eigenvalue weighted by Gasteiger charge is -2.10. The van der Waals surface area contributed by atoms with Crippen LogP contribution >= 0.6 is 0 Å². The molecule has 0 aliphatic carbocycles. The van der Waals surface area contributed by atoms with Gasteiger partial charge in [-0.3, -0.25) is 0 Å². The predicted molar refractivity (Wildman–Crippen MR) is 97.9 cm³/mol. The second-order valence-corrected chi connectivity index (χ2v) is 5.32. The van der Waals surface area contributed by atoms with Crippen LogP contribution in [0, 0.1) is 0 Å². The van der Waals surface area contributed by atoms with Crippen LogP contribution in [0.1, 0.15) is 18.2 Å².